The minimum absolute atomic E-state index is 0.262. The van der Waals surface area contributed by atoms with E-state index in [1.54, 1.807) is 23.9 Å². The van der Waals surface area contributed by atoms with Crippen LogP contribution in [0.15, 0.2) is 24.3 Å². The highest BCUT2D eigenvalue weighted by atomic mass is 32.2. The lowest BCUT2D eigenvalue weighted by atomic mass is 9.96. The highest BCUT2D eigenvalue weighted by Gasteiger charge is 2.31. The van der Waals surface area contributed by atoms with Gasteiger partial charge in [-0.05, 0) is 37.1 Å². The molecule has 8 nitrogen and oxygen atoms in total. The molecule has 0 aliphatic carbocycles. The Morgan fingerprint density at radius 2 is 1.83 bits per heavy atom. The van der Waals surface area contributed by atoms with Crippen molar-refractivity contribution in [3.63, 3.8) is 0 Å². The number of aromatic nitrogens is 2. The standard InChI is InChI=1S/C19H20FN5O3S/c20-12-1-3-13(4-2-12)25-17(14-9-29-10-15(14)23-25)22-18(27)19(28)24-7-5-11(6-8-24)16(21)26/h1-4,11H,5-10H2,(H2,21,26)(H,22,27). The zero-order chi connectivity index (χ0) is 20.5. The van der Waals surface area contributed by atoms with E-state index >= 15 is 0 Å². The third-order valence-corrected chi connectivity index (χ3v) is 6.20. The molecule has 2 aromatic rings. The predicted molar refractivity (Wildman–Crippen MR) is 106 cm³/mol. The number of nitrogens with two attached hydrogens (primary N) is 1. The minimum Gasteiger partial charge on any atom is -0.369 e. The summed E-state index contributed by atoms with van der Waals surface area (Å²) < 4.78 is 14.8. The monoisotopic (exact) mass is 417 g/mol. The number of rotatable bonds is 3. The van der Waals surface area contributed by atoms with Gasteiger partial charge in [0.15, 0.2) is 0 Å². The van der Waals surface area contributed by atoms with Gasteiger partial charge in [0.25, 0.3) is 0 Å². The maximum atomic E-state index is 13.3. The Balaban J connectivity index is 1.53. The van der Waals surface area contributed by atoms with Gasteiger partial charge in [-0.2, -0.15) is 16.9 Å². The highest BCUT2D eigenvalue weighted by molar-refractivity contribution is 7.98. The number of amides is 3. The van der Waals surface area contributed by atoms with E-state index in [-0.39, 0.29) is 17.6 Å². The molecule has 0 radical (unpaired) electrons. The van der Waals surface area contributed by atoms with Crippen LogP contribution in [0.4, 0.5) is 10.2 Å². The van der Waals surface area contributed by atoms with Gasteiger partial charge in [0, 0.05) is 36.1 Å². The van der Waals surface area contributed by atoms with Gasteiger partial charge in [-0.15, -0.1) is 0 Å². The largest absolute Gasteiger partial charge is 0.369 e. The predicted octanol–water partition coefficient (Wildman–Crippen LogP) is 1.42. The number of hydrogen-bond donors (Lipinski definition) is 2. The van der Waals surface area contributed by atoms with Gasteiger partial charge in [-0.25, -0.2) is 9.07 Å². The highest BCUT2D eigenvalue weighted by Crippen LogP contribution is 2.36. The first-order chi connectivity index (χ1) is 13.9. The lowest BCUT2D eigenvalue weighted by Gasteiger charge is -2.30. The molecule has 10 heteroatoms. The van der Waals surface area contributed by atoms with Crippen LogP contribution in [-0.2, 0) is 25.9 Å². The van der Waals surface area contributed by atoms with E-state index in [1.807, 2.05) is 0 Å². The van der Waals surface area contributed by atoms with Crippen LogP contribution in [0, 0.1) is 11.7 Å². The summed E-state index contributed by atoms with van der Waals surface area (Å²) in [6.07, 6.45) is 0.905. The topological polar surface area (TPSA) is 110 Å². The first kappa shape index (κ1) is 19.4. The van der Waals surface area contributed by atoms with Gasteiger partial charge in [-0.1, -0.05) is 0 Å². The molecule has 2 aliphatic rings. The van der Waals surface area contributed by atoms with Crippen molar-refractivity contribution in [1.29, 1.82) is 0 Å². The number of nitrogens with zero attached hydrogens (tertiary/aromatic N) is 3. The number of fused-ring (bicyclic) bond motifs is 1. The molecule has 4 rings (SSSR count). The van der Waals surface area contributed by atoms with E-state index in [1.165, 1.54) is 21.7 Å². The molecule has 1 saturated heterocycles. The third-order valence-electron chi connectivity index (χ3n) is 5.23. The summed E-state index contributed by atoms with van der Waals surface area (Å²) in [6.45, 7) is 0.621. The molecular weight excluding hydrogens is 397 g/mol. The fourth-order valence-electron chi connectivity index (χ4n) is 3.58. The summed E-state index contributed by atoms with van der Waals surface area (Å²) in [5.74, 6) is -0.610. The number of carbonyl (C=O) groups is 3. The number of anilines is 1. The van der Waals surface area contributed by atoms with Gasteiger partial charge in [0.05, 0.1) is 11.4 Å². The van der Waals surface area contributed by atoms with Crippen molar-refractivity contribution in [3.8, 4) is 5.69 Å². The van der Waals surface area contributed by atoms with Crippen LogP contribution in [0.5, 0.6) is 0 Å². The van der Waals surface area contributed by atoms with Crippen molar-refractivity contribution in [2.75, 3.05) is 18.4 Å². The number of piperidine rings is 1. The van der Waals surface area contributed by atoms with Crippen LogP contribution in [0.2, 0.25) is 0 Å². The van der Waals surface area contributed by atoms with Crippen molar-refractivity contribution >= 4 is 35.3 Å². The van der Waals surface area contributed by atoms with Gasteiger partial charge >= 0.3 is 11.8 Å². The Labute approximate surface area is 170 Å². The fraction of sp³-hybridized carbons (Fsp3) is 0.368. The second-order valence-electron chi connectivity index (χ2n) is 7.08. The summed E-state index contributed by atoms with van der Waals surface area (Å²) >= 11 is 1.67. The van der Waals surface area contributed by atoms with Crippen molar-refractivity contribution in [3.05, 3.63) is 41.3 Å². The van der Waals surface area contributed by atoms with E-state index in [0.29, 0.717) is 48.9 Å². The number of halogens is 1. The summed E-state index contributed by atoms with van der Waals surface area (Å²) in [5, 5.41) is 7.23. The summed E-state index contributed by atoms with van der Waals surface area (Å²) in [5.41, 5.74) is 7.61. The van der Waals surface area contributed by atoms with E-state index in [9.17, 15) is 18.8 Å². The van der Waals surface area contributed by atoms with Crippen LogP contribution in [0.1, 0.15) is 24.1 Å². The number of nitrogens with one attached hydrogen (secondary N) is 1. The van der Waals surface area contributed by atoms with E-state index in [0.717, 1.165) is 11.3 Å². The van der Waals surface area contributed by atoms with Gasteiger partial charge in [0.1, 0.15) is 11.6 Å². The van der Waals surface area contributed by atoms with Gasteiger partial charge in [0.2, 0.25) is 5.91 Å². The summed E-state index contributed by atoms with van der Waals surface area (Å²) in [4.78, 5) is 38.0. The first-order valence-corrected chi connectivity index (χ1v) is 10.4. The molecule has 0 unspecified atom stereocenters. The molecule has 0 spiro atoms. The Morgan fingerprint density at radius 3 is 2.48 bits per heavy atom. The Kier molecular flexibility index (Phi) is 5.27. The smallest absolute Gasteiger partial charge is 0.315 e. The lowest BCUT2D eigenvalue weighted by molar-refractivity contribution is -0.144. The maximum absolute atomic E-state index is 13.3. The number of benzene rings is 1. The zero-order valence-corrected chi connectivity index (χ0v) is 16.4. The summed E-state index contributed by atoms with van der Waals surface area (Å²) in [7, 11) is 0. The average molecular weight is 417 g/mol. The molecule has 1 aromatic carbocycles. The lowest BCUT2D eigenvalue weighted by Crippen LogP contribution is -2.46. The fourth-order valence-corrected chi connectivity index (χ4v) is 4.62. The van der Waals surface area contributed by atoms with Gasteiger partial charge in [-0.3, -0.25) is 14.4 Å². The van der Waals surface area contributed by atoms with Crippen molar-refractivity contribution in [1.82, 2.24) is 14.7 Å². The van der Waals surface area contributed by atoms with Crippen LogP contribution < -0.4 is 11.1 Å². The molecule has 3 amide bonds. The average Bonchev–Trinajstić information content (AvgIpc) is 3.31. The normalized spacial score (nSPS) is 16.5. The van der Waals surface area contributed by atoms with E-state index < -0.39 is 11.8 Å². The Morgan fingerprint density at radius 1 is 1.14 bits per heavy atom. The molecule has 152 valence electrons. The van der Waals surface area contributed by atoms with Crippen LogP contribution >= 0.6 is 11.8 Å². The number of carbonyl (C=O) groups excluding carboxylic acids is 3. The number of likely N-dealkylation sites (tertiary alicyclic amines) is 1. The Bertz CT molecular complexity index is 967. The van der Waals surface area contributed by atoms with E-state index in [4.69, 9.17) is 5.73 Å². The van der Waals surface area contributed by atoms with Crippen molar-refractivity contribution < 1.29 is 18.8 Å². The van der Waals surface area contributed by atoms with Crippen molar-refractivity contribution in [2.45, 2.75) is 24.3 Å². The van der Waals surface area contributed by atoms with Gasteiger partial charge < -0.3 is 16.0 Å². The Hall–Kier alpha value is -2.88. The third kappa shape index (κ3) is 3.84. The van der Waals surface area contributed by atoms with Crippen LogP contribution in [0.3, 0.4) is 0 Å². The maximum Gasteiger partial charge on any atom is 0.315 e. The molecule has 0 saturated carbocycles. The molecule has 1 fully saturated rings. The number of hydrogen-bond acceptors (Lipinski definition) is 5. The second-order valence-corrected chi connectivity index (χ2v) is 8.06. The first-order valence-electron chi connectivity index (χ1n) is 9.28. The van der Waals surface area contributed by atoms with Crippen molar-refractivity contribution in [2.24, 2.45) is 11.7 Å². The molecule has 2 aliphatic heterocycles. The molecule has 1 aromatic heterocycles. The van der Waals surface area contributed by atoms with Crippen LogP contribution in [0.25, 0.3) is 5.69 Å². The molecule has 29 heavy (non-hydrogen) atoms. The van der Waals surface area contributed by atoms with E-state index in [2.05, 4.69) is 10.4 Å². The molecular formula is C19H20FN5O3S. The second kappa shape index (κ2) is 7.86. The molecule has 0 atom stereocenters. The SMILES string of the molecule is NC(=O)C1CCN(C(=O)C(=O)Nc2c3c(nn2-c2ccc(F)cc2)CSC3)CC1. The van der Waals surface area contributed by atoms with Crippen LogP contribution in [-0.4, -0.2) is 45.5 Å². The zero-order valence-electron chi connectivity index (χ0n) is 15.6. The number of thioether (sulfide) groups is 1. The molecule has 0 bridgehead atoms. The number of primary amides is 1. The summed E-state index contributed by atoms with van der Waals surface area (Å²) in [6, 6.07) is 5.76. The quantitative estimate of drug-likeness (QED) is 0.734. The molecule has 3 heterocycles. The minimum atomic E-state index is -0.759. The molecule has 3 N–H and O–H groups in total.